The van der Waals surface area contributed by atoms with Gasteiger partial charge in [-0.05, 0) is 0 Å². The molecule has 3 heteroatoms. The van der Waals surface area contributed by atoms with Crippen LogP contribution in [0.1, 0.15) is 70.8 Å². The molecular formula is C17H33NOSn. The van der Waals surface area contributed by atoms with Crippen LogP contribution in [0.15, 0.2) is 4.42 Å². The fourth-order valence-electron chi connectivity index (χ4n) is 2.94. The van der Waals surface area contributed by atoms with E-state index in [0.29, 0.717) is 0 Å². The van der Waals surface area contributed by atoms with E-state index in [1.54, 1.807) is 0 Å². The van der Waals surface area contributed by atoms with Crippen molar-refractivity contribution >= 4 is 22.3 Å². The van der Waals surface area contributed by atoms with Crippen molar-refractivity contribution < 1.29 is 4.42 Å². The van der Waals surface area contributed by atoms with Crippen molar-refractivity contribution in [2.24, 2.45) is 0 Å². The summed E-state index contributed by atoms with van der Waals surface area (Å²) in [5.41, 5.74) is 1.12. The average Bonchev–Trinajstić information content (AvgIpc) is 2.79. The first kappa shape index (κ1) is 18.1. The van der Waals surface area contributed by atoms with Gasteiger partial charge in [0, 0.05) is 0 Å². The molecule has 0 spiro atoms. The van der Waals surface area contributed by atoms with Crippen LogP contribution in [-0.4, -0.2) is 23.4 Å². The summed E-state index contributed by atoms with van der Waals surface area (Å²) in [5.74, 6) is 1.05. The van der Waals surface area contributed by atoms with Gasteiger partial charge in [-0.3, -0.25) is 0 Å². The van der Waals surface area contributed by atoms with E-state index in [2.05, 4.69) is 34.6 Å². The summed E-state index contributed by atoms with van der Waals surface area (Å²) in [4.78, 5) is 4.87. The Balaban J connectivity index is 3.04. The summed E-state index contributed by atoms with van der Waals surface area (Å²) >= 11 is -2.40. The standard InChI is InChI=1S/C5H6NO.3C4H9.Sn/c1-4-5(2)7-3-6-4;3*1-3-4-2;/h1-2H3;3*1,3-4H2,2H3;. The Bertz CT molecular complexity index is 345. The molecule has 0 unspecified atom stereocenters. The molecule has 0 atom stereocenters. The fraction of sp³-hybridized carbons (Fsp3) is 0.824. The average molecular weight is 386 g/mol. The molecule has 0 saturated heterocycles. The first-order chi connectivity index (χ1) is 9.59. The number of hydrogen-bond acceptors (Lipinski definition) is 2. The third-order valence-corrected chi connectivity index (χ3v) is 18.9. The topological polar surface area (TPSA) is 26.0 Å². The molecule has 20 heavy (non-hydrogen) atoms. The molecule has 0 bridgehead atoms. The number of oxazole rings is 1. The summed E-state index contributed by atoms with van der Waals surface area (Å²) < 4.78 is 11.7. The maximum atomic E-state index is 6.15. The van der Waals surface area contributed by atoms with Gasteiger partial charge in [0.15, 0.2) is 0 Å². The van der Waals surface area contributed by atoms with Crippen molar-refractivity contribution in [2.75, 3.05) is 0 Å². The second kappa shape index (κ2) is 9.11. The van der Waals surface area contributed by atoms with Crippen LogP contribution in [0.4, 0.5) is 0 Å². The van der Waals surface area contributed by atoms with Gasteiger partial charge >= 0.3 is 130 Å². The summed E-state index contributed by atoms with van der Waals surface area (Å²) in [7, 11) is 0. The Labute approximate surface area is 129 Å². The van der Waals surface area contributed by atoms with Crippen LogP contribution >= 0.6 is 0 Å². The summed E-state index contributed by atoms with van der Waals surface area (Å²) in [5, 5.41) is 0. The zero-order chi connectivity index (χ0) is 15.0. The quantitative estimate of drug-likeness (QED) is 0.507. The van der Waals surface area contributed by atoms with Gasteiger partial charge in [-0.15, -0.1) is 0 Å². The van der Waals surface area contributed by atoms with Gasteiger partial charge in [0.05, 0.1) is 0 Å². The van der Waals surface area contributed by atoms with Crippen molar-refractivity contribution in [1.29, 1.82) is 0 Å². The number of aryl methyl sites for hydroxylation is 2. The van der Waals surface area contributed by atoms with Crippen molar-refractivity contribution in [2.45, 2.75) is 86.5 Å². The van der Waals surface area contributed by atoms with Gasteiger partial charge < -0.3 is 0 Å². The van der Waals surface area contributed by atoms with Crippen LogP contribution in [0.25, 0.3) is 0 Å². The fourth-order valence-corrected chi connectivity index (χ4v) is 17.9. The molecule has 2 nitrogen and oxygen atoms in total. The molecule has 1 aromatic rings. The maximum absolute atomic E-state index is 6.15. The van der Waals surface area contributed by atoms with Crippen LogP contribution in [0, 0.1) is 13.8 Å². The molecule has 1 rings (SSSR count). The van der Waals surface area contributed by atoms with E-state index in [9.17, 15) is 0 Å². The minimum absolute atomic E-state index is 1.05. The van der Waals surface area contributed by atoms with Crippen molar-refractivity contribution in [1.82, 2.24) is 4.98 Å². The van der Waals surface area contributed by atoms with Crippen LogP contribution in [0.5, 0.6) is 0 Å². The summed E-state index contributed by atoms with van der Waals surface area (Å²) in [6.07, 6.45) is 8.00. The van der Waals surface area contributed by atoms with E-state index < -0.39 is 18.4 Å². The van der Waals surface area contributed by atoms with Crippen LogP contribution in [0.3, 0.4) is 0 Å². The number of hydrogen-bond donors (Lipinski definition) is 0. The number of rotatable bonds is 10. The Hall–Kier alpha value is 0.00870. The first-order valence-corrected chi connectivity index (χ1v) is 16.0. The van der Waals surface area contributed by atoms with Gasteiger partial charge in [-0.1, -0.05) is 0 Å². The Morgan fingerprint density at radius 2 is 1.30 bits per heavy atom. The Kier molecular flexibility index (Phi) is 8.23. The van der Waals surface area contributed by atoms with Gasteiger partial charge in [0.2, 0.25) is 0 Å². The van der Waals surface area contributed by atoms with Gasteiger partial charge in [0.25, 0.3) is 0 Å². The van der Waals surface area contributed by atoms with Gasteiger partial charge in [-0.2, -0.15) is 0 Å². The second-order valence-corrected chi connectivity index (χ2v) is 19.1. The van der Waals surface area contributed by atoms with Crippen LogP contribution in [0.2, 0.25) is 13.3 Å². The van der Waals surface area contributed by atoms with Gasteiger partial charge in [-0.25, -0.2) is 0 Å². The summed E-state index contributed by atoms with van der Waals surface area (Å²) in [6, 6.07) is 0. The van der Waals surface area contributed by atoms with Crippen LogP contribution < -0.4 is 3.91 Å². The molecule has 0 aromatic carbocycles. The van der Waals surface area contributed by atoms with Crippen LogP contribution in [-0.2, 0) is 0 Å². The second-order valence-electron chi connectivity index (χ2n) is 6.25. The number of aromatic nitrogens is 1. The molecule has 0 amide bonds. The first-order valence-electron chi connectivity index (χ1n) is 8.54. The normalized spacial score (nSPS) is 12.1. The third-order valence-electron chi connectivity index (χ3n) is 4.51. The number of unbranched alkanes of at least 4 members (excludes halogenated alkanes) is 3. The van der Waals surface area contributed by atoms with E-state index in [1.807, 2.05) is 0 Å². The van der Waals surface area contributed by atoms with Crippen molar-refractivity contribution in [3.63, 3.8) is 0 Å². The molecule has 0 fully saturated rings. The van der Waals surface area contributed by atoms with E-state index in [0.717, 1.165) is 11.5 Å². The number of nitrogens with zero attached hydrogens (tertiary/aromatic N) is 1. The minimum atomic E-state index is -2.40. The molecule has 0 saturated carbocycles. The van der Waals surface area contributed by atoms with Crippen molar-refractivity contribution in [3.8, 4) is 0 Å². The molecule has 0 aliphatic rings. The van der Waals surface area contributed by atoms with E-state index in [4.69, 9.17) is 9.40 Å². The molecule has 1 aromatic heterocycles. The third kappa shape index (κ3) is 4.78. The van der Waals surface area contributed by atoms with Crippen molar-refractivity contribution in [3.05, 3.63) is 11.5 Å². The molecule has 0 N–H and O–H groups in total. The molecule has 116 valence electrons. The zero-order valence-electron chi connectivity index (χ0n) is 14.2. The van der Waals surface area contributed by atoms with Gasteiger partial charge in [0.1, 0.15) is 0 Å². The predicted octanol–water partition coefficient (Wildman–Crippen LogP) is 5.35. The molecule has 0 aliphatic carbocycles. The van der Waals surface area contributed by atoms with E-state index in [-0.39, 0.29) is 0 Å². The predicted molar refractivity (Wildman–Crippen MR) is 90.5 cm³/mol. The zero-order valence-corrected chi connectivity index (χ0v) is 17.1. The SMILES string of the molecule is CCC[CH2][Sn]([CH2]CCC)([CH2]CCC)[c]1nc(C)c(C)o1. The Morgan fingerprint density at radius 3 is 1.60 bits per heavy atom. The summed E-state index contributed by atoms with van der Waals surface area (Å²) in [6.45, 7) is 11.1. The molecule has 0 radical (unpaired) electrons. The van der Waals surface area contributed by atoms with E-state index >= 15 is 0 Å². The molecule has 0 aliphatic heterocycles. The monoisotopic (exact) mass is 387 g/mol. The van der Waals surface area contributed by atoms with E-state index in [1.165, 1.54) is 55.7 Å². The molecule has 1 heterocycles. The Morgan fingerprint density at radius 1 is 0.850 bits per heavy atom. The molecular weight excluding hydrogens is 353 g/mol.